The van der Waals surface area contributed by atoms with Gasteiger partial charge in [-0.15, -0.1) is 0 Å². The highest BCUT2D eigenvalue weighted by molar-refractivity contribution is 5.79. The van der Waals surface area contributed by atoms with Gasteiger partial charge < -0.3 is 25.8 Å². The third kappa shape index (κ3) is 8.91. The number of hydrogen-bond acceptors (Lipinski definition) is 5. The molecule has 0 spiro atoms. The van der Waals surface area contributed by atoms with Crippen LogP contribution in [0.15, 0.2) is 0 Å². The van der Waals surface area contributed by atoms with Crippen LogP contribution in [0.3, 0.4) is 0 Å². The van der Waals surface area contributed by atoms with Gasteiger partial charge in [-0.05, 0) is 0 Å². The zero-order valence-corrected chi connectivity index (χ0v) is 11.0. The molecule has 1 atom stereocenters. The van der Waals surface area contributed by atoms with Crippen LogP contribution in [0.2, 0.25) is 0 Å². The second-order valence-corrected chi connectivity index (χ2v) is 3.74. The number of nitrogens with two attached hydrogens (primary N) is 1. The standard InChI is InChI=1S/C11H23N3O4/c1-17-6-5-14-10(15)3-4-13-11(16)7-9(8-12)18-2/h9H,3-8,12H2,1-2H3,(H,13,16)(H,14,15). The summed E-state index contributed by atoms with van der Waals surface area (Å²) in [7, 11) is 3.07. The molecular formula is C11H23N3O4. The van der Waals surface area contributed by atoms with Gasteiger partial charge in [-0.3, -0.25) is 9.59 Å². The Morgan fingerprint density at radius 2 is 1.83 bits per heavy atom. The lowest BCUT2D eigenvalue weighted by atomic mass is 10.2. The van der Waals surface area contributed by atoms with Crippen molar-refractivity contribution < 1.29 is 19.1 Å². The van der Waals surface area contributed by atoms with Crippen LogP contribution in [0.1, 0.15) is 12.8 Å². The number of carbonyl (C=O) groups is 2. The topological polar surface area (TPSA) is 103 Å². The molecule has 18 heavy (non-hydrogen) atoms. The lowest BCUT2D eigenvalue weighted by Gasteiger charge is -2.12. The molecule has 0 rings (SSSR count). The van der Waals surface area contributed by atoms with Gasteiger partial charge in [0, 0.05) is 40.3 Å². The molecule has 0 aliphatic heterocycles. The maximum atomic E-state index is 11.4. The summed E-state index contributed by atoms with van der Waals surface area (Å²) < 4.78 is 9.78. The van der Waals surface area contributed by atoms with Gasteiger partial charge in [0.25, 0.3) is 0 Å². The van der Waals surface area contributed by atoms with Crippen LogP contribution in [-0.4, -0.2) is 58.4 Å². The average Bonchev–Trinajstić information content (AvgIpc) is 2.36. The summed E-state index contributed by atoms with van der Waals surface area (Å²) in [4.78, 5) is 22.7. The SMILES string of the molecule is COCCNC(=O)CCNC(=O)CC(CN)OC. The van der Waals surface area contributed by atoms with E-state index in [9.17, 15) is 9.59 Å². The van der Waals surface area contributed by atoms with E-state index in [1.807, 2.05) is 0 Å². The molecule has 0 heterocycles. The molecule has 0 aromatic carbocycles. The second kappa shape index (κ2) is 10.9. The Balaban J connectivity index is 3.58. The van der Waals surface area contributed by atoms with Crippen LogP contribution in [-0.2, 0) is 19.1 Å². The van der Waals surface area contributed by atoms with Crippen molar-refractivity contribution in [1.29, 1.82) is 0 Å². The van der Waals surface area contributed by atoms with Crippen LogP contribution in [0.25, 0.3) is 0 Å². The highest BCUT2D eigenvalue weighted by atomic mass is 16.5. The molecule has 0 aliphatic carbocycles. The monoisotopic (exact) mass is 261 g/mol. The van der Waals surface area contributed by atoms with Crippen molar-refractivity contribution in [2.45, 2.75) is 18.9 Å². The Labute approximate surface area is 107 Å². The summed E-state index contributed by atoms with van der Waals surface area (Å²) in [6, 6.07) is 0. The molecule has 0 saturated carbocycles. The first-order chi connectivity index (χ1) is 8.63. The molecule has 2 amide bonds. The van der Waals surface area contributed by atoms with E-state index in [1.54, 1.807) is 7.11 Å². The molecule has 0 aromatic heterocycles. The number of carbonyl (C=O) groups excluding carboxylic acids is 2. The van der Waals surface area contributed by atoms with Gasteiger partial charge in [-0.25, -0.2) is 0 Å². The van der Waals surface area contributed by atoms with Crippen molar-refractivity contribution in [3.63, 3.8) is 0 Å². The van der Waals surface area contributed by atoms with E-state index in [2.05, 4.69) is 10.6 Å². The van der Waals surface area contributed by atoms with Gasteiger partial charge in [0.1, 0.15) is 0 Å². The van der Waals surface area contributed by atoms with E-state index in [1.165, 1.54) is 7.11 Å². The molecule has 0 fully saturated rings. The van der Waals surface area contributed by atoms with E-state index in [0.29, 0.717) is 26.2 Å². The Morgan fingerprint density at radius 1 is 1.17 bits per heavy atom. The number of rotatable bonds is 10. The maximum Gasteiger partial charge on any atom is 0.222 e. The van der Waals surface area contributed by atoms with Crippen molar-refractivity contribution in [1.82, 2.24) is 10.6 Å². The summed E-state index contributed by atoms with van der Waals surface area (Å²) in [5.74, 6) is -0.286. The second-order valence-electron chi connectivity index (χ2n) is 3.74. The van der Waals surface area contributed by atoms with E-state index in [4.69, 9.17) is 15.2 Å². The quantitative estimate of drug-likeness (QED) is 0.421. The van der Waals surface area contributed by atoms with Gasteiger partial charge in [0.2, 0.25) is 11.8 Å². The summed E-state index contributed by atoms with van der Waals surface area (Å²) in [5.41, 5.74) is 5.40. The molecule has 1 unspecified atom stereocenters. The Kier molecular flexibility index (Phi) is 10.2. The number of methoxy groups -OCH3 is 2. The Hall–Kier alpha value is -1.18. The van der Waals surface area contributed by atoms with E-state index >= 15 is 0 Å². The molecule has 0 saturated heterocycles. The lowest BCUT2D eigenvalue weighted by Crippen LogP contribution is -2.35. The van der Waals surface area contributed by atoms with E-state index in [0.717, 1.165) is 0 Å². The number of nitrogens with one attached hydrogen (secondary N) is 2. The van der Waals surface area contributed by atoms with Gasteiger partial charge in [-0.2, -0.15) is 0 Å². The van der Waals surface area contributed by atoms with Crippen molar-refractivity contribution in [3.05, 3.63) is 0 Å². The molecule has 7 nitrogen and oxygen atoms in total. The van der Waals surface area contributed by atoms with Crippen LogP contribution in [0.4, 0.5) is 0 Å². The van der Waals surface area contributed by atoms with Crippen LogP contribution in [0.5, 0.6) is 0 Å². The first-order valence-electron chi connectivity index (χ1n) is 5.89. The van der Waals surface area contributed by atoms with Crippen LogP contribution in [0, 0.1) is 0 Å². The highest BCUT2D eigenvalue weighted by Crippen LogP contribution is 1.94. The molecule has 0 bridgehead atoms. The molecule has 7 heteroatoms. The Morgan fingerprint density at radius 3 is 2.39 bits per heavy atom. The lowest BCUT2D eigenvalue weighted by molar-refractivity contribution is -0.123. The first kappa shape index (κ1) is 16.8. The third-order valence-electron chi connectivity index (χ3n) is 2.31. The van der Waals surface area contributed by atoms with Crippen molar-refractivity contribution in [2.75, 3.05) is 40.5 Å². The minimum atomic E-state index is -0.277. The summed E-state index contributed by atoms with van der Waals surface area (Å²) >= 11 is 0. The van der Waals surface area contributed by atoms with Crippen molar-refractivity contribution in [3.8, 4) is 0 Å². The van der Waals surface area contributed by atoms with Crippen LogP contribution < -0.4 is 16.4 Å². The molecule has 0 aliphatic rings. The minimum Gasteiger partial charge on any atom is -0.383 e. The third-order valence-corrected chi connectivity index (χ3v) is 2.31. The average molecular weight is 261 g/mol. The Bertz CT molecular complexity index is 244. The zero-order chi connectivity index (χ0) is 13.8. The van der Waals surface area contributed by atoms with Crippen molar-refractivity contribution >= 4 is 11.8 Å². The number of amides is 2. The summed E-state index contributed by atoms with van der Waals surface area (Å²) in [6.45, 7) is 1.55. The highest BCUT2D eigenvalue weighted by Gasteiger charge is 2.11. The first-order valence-corrected chi connectivity index (χ1v) is 5.89. The largest absolute Gasteiger partial charge is 0.383 e. The maximum absolute atomic E-state index is 11.4. The molecule has 4 N–H and O–H groups in total. The van der Waals surface area contributed by atoms with Gasteiger partial charge in [0.15, 0.2) is 0 Å². The summed E-state index contributed by atoms with van der Waals surface area (Å²) in [6.07, 6.45) is 0.175. The minimum absolute atomic E-state index is 0.116. The normalized spacial score (nSPS) is 11.9. The predicted octanol–water partition coefficient (Wildman–Crippen LogP) is -1.38. The summed E-state index contributed by atoms with van der Waals surface area (Å²) in [5, 5.41) is 5.30. The van der Waals surface area contributed by atoms with Gasteiger partial charge in [-0.1, -0.05) is 0 Å². The van der Waals surface area contributed by atoms with Crippen LogP contribution >= 0.6 is 0 Å². The molecule has 106 valence electrons. The fraction of sp³-hybridized carbons (Fsp3) is 0.818. The molecular weight excluding hydrogens is 238 g/mol. The number of ether oxygens (including phenoxy) is 2. The predicted molar refractivity (Wildman–Crippen MR) is 67.0 cm³/mol. The van der Waals surface area contributed by atoms with E-state index in [-0.39, 0.29) is 30.8 Å². The zero-order valence-electron chi connectivity index (χ0n) is 11.0. The fourth-order valence-electron chi connectivity index (χ4n) is 1.24. The molecule has 0 aromatic rings. The molecule has 0 radical (unpaired) electrons. The fourth-order valence-corrected chi connectivity index (χ4v) is 1.24. The van der Waals surface area contributed by atoms with Crippen molar-refractivity contribution in [2.24, 2.45) is 5.73 Å². The van der Waals surface area contributed by atoms with Gasteiger partial charge >= 0.3 is 0 Å². The smallest absolute Gasteiger partial charge is 0.222 e. The van der Waals surface area contributed by atoms with Gasteiger partial charge in [0.05, 0.1) is 19.1 Å². The number of hydrogen-bond donors (Lipinski definition) is 3. The van der Waals surface area contributed by atoms with E-state index < -0.39 is 0 Å².